The molecule has 0 aromatic heterocycles. The third-order valence-corrected chi connectivity index (χ3v) is 1.46. The molecule has 0 aliphatic carbocycles. The molecule has 0 nitrogen and oxygen atoms in total. The van der Waals surface area contributed by atoms with Crippen LogP contribution in [0.2, 0.25) is 0 Å². The van der Waals surface area contributed by atoms with Gasteiger partial charge in [0, 0.05) is 10.9 Å². The van der Waals surface area contributed by atoms with Crippen LogP contribution in [0.15, 0.2) is 18.2 Å². The van der Waals surface area contributed by atoms with E-state index in [1.807, 2.05) is 18.2 Å². The smallest absolute Gasteiger partial charge is 0.0362 e. The van der Waals surface area contributed by atoms with Crippen LogP contribution in [0.3, 0.4) is 0 Å². The standard InChI is InChI=1S/C7H5Br/c8-6-7-4-2-1-3-5-7/h1-2,4H,6H2. The van der Waals surface area contributed by atoms with E-state index in [1.165, 1.54) is 0 Å². The van der Waals surface area contributed by atoms with Crippen molar-refractivity contribution in [3.8, 4) is 0 Å². The van der Waals surface area contributed by atoms with Gasteiger partial charge in [-0.3, -0.25) is 0 Å². The molecule has 40 valence electrons. The monoisotopic (exact) mass is 168 g/mol. The lowest BCUT2D eigenvalue weighted by Gasteiger charge is -1.82. The summed E-state index contributed by atoms with van der Waals surface area (Å²) >= 11 is 3.31. The summed E-state index contributed by atoms with van der Waals surface area (Å²) in [4.78, 5) is 0. The average molecular weight is 169 g/mol. The molecule has 1 aromatic rings. The SMILES string of the molecule is BrCc1c#cccc1. The van der Waals surface area contributed by atoms with Crippen molar-refractivity contribution in [3.05, 3.63) is 35.9 Å². The van der Waals surface area contributed by atoms with Crippen molar-refractivity contribution in [1.29, 1.82) is 0 Å². The number of rotatable bonds is 1. The third kappa shape index (κ3) is 1.24. The second kappa shape index (κ2) is 2.74. The molecule has 0 aliphatic heterocycles. The van der Waals surface area contributed by atoms with Crippen molar-refractivity contribution in [3.63, 3.8) is 0 Å². The molecule has 1 rings (SSSR count). The number of halogens is 1. The van der Waals surface area contributed by atoms with Crippen molar-refractivity contribution in [2.45, 2.75) is 5.33 Å². The topological polar surface area (TPSA) is 0 Å². The van der Waals surface area contributed by atoms with E-state index >= 15 is 0 Å². The highest BCUT2D eigenvalue weighted by Gasteiger charge is 1.79. The largest absolute Gasteiger partial charge is 0.0869 e. The maximum Gasteiger partial charge on any atom is 0.0362 e. The highest BCUT2D eigenvalue weighted by atomic mass is 79.9. The van der Waals surface area contributed by atoms with Crippen LogP contribution < -0.4 is 0 Å². The van der Waals surface area contributed by atoms with Crippen LogP contribution in [0.25, 0.3) is 0 Å². The van der Waals surface area contributed by atoms with Gasteiger partial charge in [-0.05, 0) is 12.1 Å². The predicted octanol–water partition coefficient (Wildman–Crippen LogP) is 2.18. The minimum atomic E-state index is 0.865. The van der Waals surface area contributed by atoms with Crippen LogP contribution in [-0.2, 0) is 5.33 Å². The van der Waals surface area contributed by atoms with Crippen molar-refractivity contribution in [1.82, 2.24) is 0 Å². The van der Waals surface area contributed by atoms with E-state index in [4.69, 9.17) is 0 Å². The summed E-state index contributed by atoms with van der Waals surface area (Å²) in [5, 5.41) is 0.865. The fourth-order valence-electron chi connectivity index (χ4n) is 0.466. The number of hydrogen-bond donors (Lipinski definition) is 0. The van der Waals surface area contributed by atoms with Gasteiger partial charge in [0.25, 0.3) is 0 Å². The molecule has 0 N–H and O–H groups in total. The highest BCUT2D eigenvalue weighted by molar-refractivity contribution is 9.08. The fourth-order valence-corrected chi connectivity index (χ4v) is 0.793. The Morgan fingerprint density at radius 2 is 2.50 bits per heavy atom. The average Bonchev–Trinajstić information content (AvgIpc) is 1.90. The van der Waals surface area contributed by atoms with E-state index in [-0.39, 0.29) is 0 Å². The Morgan fingerprint density at radius 3 is 2.88 bits per heavy atom. The Hall–Kier alpha value is -0.480. The van der Waals surface area contributed by atoms with Crippen molar-refractivity contribution in [2.24, 2.45) is 0 Å². The Balaban J connectivity index is 2.83. The van der Waals surface area contributed by atoms with Crippen LogP contribution in [-0.4, -0.2) is 0 Å². The van der Waals surface area contributed by atoms with E-state index in [0.717, 1.165) is 10.9 Å². The van der Waals surface area contributed by atoms with E-state index in [1.54, 1.807) is 0 Å². The van der Waals surface area contributed by atoms with Gasteiger partial charge in [-0.25, -0.2) is 0 Å². The second-order valence-corrected chi connectivity index (χ2v) is 2.01. The summed E-state index contributed by atoms with van der Waals surface area (Å²) in [6.45, 7) is 0. The first-order valence-electron chi connectivity index (χ1n) is 2.36. The second-order valence-electron chi connectivity index (χ2n) is 1.45. The number of alkyl halides is 1. The van der Waals surface area contributed by atoms with Gasteiger partial charge in [0.15, 0.2) is 0 Å². The van der Waals surface area contributed by atoms with E-state index in [9.17, 15) is 0 Å². The van der Waals surface area contributed by atoms with Crippen molar-refractivity contribution >= 4 is 15.9 Å². The first-order chi connectivity index (χ1) is 3.93. The van der Waals surface area contributed by atoms with Gasteiger partial charge >= 0.3 is 0 Å². The first kappa shape index (κ1) is 5.65. The lowest BCUT2D eigenvalue weighted by atomic mass is 10.3. The normalized spacial score (nSPS) is 8.12. The van der Waals surface area contributed by atoms with Gasteiger partial charge in [0.05, 0.1) is 0 Å². The summed E-state index contributed by atoms with van der Waals surface area (Å²) in [6, 6.07) is 11.6. The maximum atomic E-state index is 3.31. The summed E-state index contributed by atoms with van der Waals surface area (Å²) < 4.78 is 0. The maximum absolute atomic E-state index is 3.31. The summed E-state index contributed by atoms with van der Waals surface area (Å²) in [5.41, 5.74) is 1.15. The van der Waals surface area contributed by atoms with Gasteiger partial charge in [-0.1, -0.05) is 34.1 Å². The quantitative estimate of drug-likeness (QED) is 0.565. The summed E-state index contributed by atoms with van der Waals surface area (Å²) in [7, 11) is 0. The Kier molecular flexibility index (Phi) is 1.93. The lowest BCUT2D eigenvalue weighted by Crippen LogP contribution is -1.68. The molecule has 0 spiro atoms. The van der Waals surface area contributed by atoms with Crippen molar-refractivity contribution < 1.29 is 0 Å². The molecular weight excluding hydrogens is 164 g/mol. The molecule has 0 fully saturated rings. The zero-order valence-electron chi connectivity index (χ0n) is 4.32. The molecular formula is C7H5Br. The van der Waals surface area contributed by atoms with Gasteiger partial charge < -0.3 is 0 Å². The molecule has 0 atom stereocenters. The van der Waals surface area contributed by atoms with Crippen molar-refractivity contribution in [2.75, 3.05) is 0 Å². The molecule has 1 aromatic carbocycles. The number of hydrogen-bond acceptors (Lipinski definition) is 0. The van der Waals surface area contributed by atoms with Gasteiger partial charge in [-0.15, -0.1) is 0 Å². The van der Waals surface area contributed by atoms with Crippen LogP contribution in [0.4, 0.5) is 0 Å². The summed E-state index contributed by atoms with van der Waals surface area (Å²) in [5.74, 6) is 0. The van der Waals surface area contributed by atoms with E-state index in [2.05, 4.69) is 28.1 Å². The highest BCUT2D eigenvalue weighted by Crippen LogP contribution is 1.98. The fraction of sp³-hybridized carbons (Fsp3) is 0.143. The summed E-state index contributed by atoms with van der Waals surface area (Å²) in [6.07, 6.45) is 0. The molecule has 0 bridgehead atoms. The zero-order chi connectivity index (χ0) is 5.82. The minimum absolute atomic E-state index is 0.865. The van der Waals surface area contributed by atoms with E-state index in [0.29, 0.717) is 0 Å². The molecule has 0 saturated heterocycles. The molecule has 0 saturated carbocycles. The molecule has 0 heterocycles. The molecule has 0 aliphatic rings. The minimum Gasteiger partial charge on any atom is -0.0869 e. The van der Waals surface area contributed by atoms with Crippen LogP contribution in [0.1, 0.15) is 5.56 Å². The lowest BCUT2D eigenvalue weighted by molar-refractivity contribution is 1.45. The third-order valence-electron chi connectivity index (χ3n) is 0.854. The first-order valence-corrected chi connectivity index (χ1v) is 3.49. The Labute approximate surface area is 57.7 Å². The van der Waals surface area contributed by atoms with Crippen LogP contribution >= 0.6 is 15.9 Å². The van der Waals surface area contributed by atoms with E-state index < -0.39 is 0 Å². The van der Waals surface area contributed by atoms with Gasteiger partial charge in [0.2, 0.25) is 0 Å². The molecule has 8 heavy (non-hydrogen) atoms. The Bertz CT molecular complexity index is 146. The molecule has 0 radical (unpaired) electrons. The van der Waals surface area contributed by atoms with Crippen LogP contribution in [0.5, 0.6) is 0 Å². The molecule has 1 heteroatoms. The molecule has 0 amide bonds. The Morgan fingerprint density at radius 1 is 1.62 bits per heavy atom. The zero-order valence-corrected chi connectivity index (χ0v) is 5.90. The molecule has 0 unspecified atom stereocenters. The van der Waals surface area contributed by atoms with Gasteiger partial charge in [-0.2, -0.15) is 0 Å². The van der Waals surface area contributed by atoms with Gasteiger partial charge in [0.1, 0.15) is 0 Å². The van der Waals surface area contributed by atoms with Crippen LogP contribution in [0, 0.1) is 12.1 Å². The predicted molar refractivity (Wildman–Crippen MR) is 36.7 cm³/mol.